The number of carboxylic acid groups (broad SMARTS) is 1. The molecule has 3 unspecified atom stereocenters. The summed E-state index contributed by atoms with van der Waals surface area (Å²) < 4.78 is 0. The normalized spacial score (nSPS) is 27.6. The van der Waals surface area contributed by atoms with Crippen LogP contribution in [-0.4, -0.2) is 27.8 Å². The molecule has 1 saturated carbocycles. The molecule has 1 saturated heterocycles. The molecule has 1 aromatic carbocycles. The Kier molecular flexibility index (Phi) is 3.08. The van der Waals surface area contributed by atoms with Gasteiger partial charge in [0.05, 0.1) is 0 Å². The summed E-state index contributed by atoms with van der Waals surface area (Å²) in [5, 5.41) is 9.72. The summed E-state index contributed by atoms with van der Waals surface area (Å²) in [6.45, 7) is 1.44. The third-order valence-corrected chi connectivity index (χ3v) is 4.77. The molecule has 21 heavy (non-hydrogen) atoms. The molecule has 1 aliphatic heterocycles. The number of imide groups is 1. The molecule has 0 radical (unpaired) electrons. The average molecular weight is 287 g/mol. The highest BCUT2D eigenvalue weighted by atomic mass is 16.4. The number of rotatable bonds is 3. The van der Waals surface area contributed by atoms with Gasteiger partial charge in [-0.15, -0.1) is 0 Å². The van der Waals surface area contributed by atoms with Gasteiger partial charge in [0.25, 0.3) is 0 Å². The van der Waals surface area contributed by atoms with E-state index in [1.807, 2.05) is 0 Å². The van der Waals surface area contributed by atoms with Crippen LogP contribution in [0.15, 0.2) is 30.3 Å². The van der Waals surface area contributed by atoms with Crippen molar-refractivity contribution in [3.8, 4) is 0 Å². The van der Waals surface area contributed by atoms with Gasteiger partial charge in [-0.3, -0.25) is 14.5 Å². The Morgan fingerprint density at radius 3 is 2.14 bits per heavy atom. The van der Waals surface area contributed by atoms with Gasteiger partial charge < -0.3 is 5.11 Å². The average Bonchev–Trinajstić information content (AvgIpc) is 2.93. The molecule has 5 nitrogen and oxygen atoms in total. The zero-order valence-electron chi connectivity index (χ0n) is 11.8. The largest absolute Gasteiger partial charge is 0.479 e. The molecule has 0 aromatic heterocycles. The summed E-state index contributed by atoms with van der Waals surface area (Å²) in [4.78, 5) is 38.0. The summed E-state index contributed by atoms with van der Waals surface area (Å²) in [6, 6.07) is 8.49. The fraction of sp³-hybridized carbons (Fsp3) is 0.438. The Morgan fingerprint density at radius 2 is 1.67 bits per heavy atom. The molecule has 1 heterocycles. The van der Waals surface area contributed by atoms with Crippen molar-refractivity contribution in [3.63, 3.8) is 0 Å². The number of carbonyl (C=O) groups excluding carboxylic acids is 2. The standard InChI is InChI=1S/C16H17NO4/c1-16(15(20)21,12-5-3-2-4-6-12)17-13(18)10-7-8-11(9-10)14(17)19/h2-6,10-11H,7-9H2,1H3,(H,20,21). The van der Waals surface area contributed by atoms with Crippen molar-refractivity contribution in [2.45, 2.75) is 31.7 Å². The molecular weight excluding hydrogens is 270 g/mol. The first kappa shape index (κ1) is 13.8. The first-order chi connectivity index (χ1) is 9.96. The first-order valence-corrected chi connectivity index (χ1v) is 7.13. The summed E-state index contributed by atoms with van der Waals surface area (Å²) in [6.07, 6.45) is 1.92. The molecule has 0 spiro atoms. The Bertz CT molecular complexity index is 590. The SMILES string of the molecule is CC(C(=O)O)(c1ccccc1)N1C(=O)C2CCC(C2)C1=O. The van der Waals surface area contributed by atoms with Crippen LogP contribution in [0.1, 0.15) is 31.7 Å². The number of piperidine rings is 1. The number of aliphatic carboxylic acids is 1. The smallest absolute Gasteiger partial charge is 0.334 e. The third-order valence-electron chi connectivity index (χ3n) is 4.77. The zero-order valence-corrected chi connectivity index (χ0v) is 11.8. The van der Waals surface area contributed by atoms with E-state index in [-0.39, 0.29) is 23.7 Å². The minimum atomic E-state index is -1.64. The fourth-order valence-corrected chi connectivity index (χ4v) is 3.46. The van der Waals surface area contributed by atoms with Gasteiger partial charge in [-0.25, -0.2) is 4.79 Å². The van der Waals surface area contributed by atoms with E-state index in [1.165, 1.54) is 6.92 Å². The monoisotopic (exact) mass is 287 g/mol. The summed E-state index contributed by atoms with van der Waals surface area (Å²) >= 11 is 0. The minimum absolute atomic E-state index is 0.213. The van der Waals surface area contributed by atoms with E-state index in [0.717, 1.165) is 4.90 Å². The lowest BCUT2D eigenvalue weighted by Gasteiger charge is -2.41. The van der Waals surface area contributed by atoms with Crippen molar-refractivity contribution in [1.29, 1.82) is 0 Å². The lowest BCUT2D eigenvalue weighted by Crippen LogP contribution is -2.59. The van der Waals surface area contributed by atoms with Crippen LogP contribution in [-0.2, 0) is 19.9 Å². The highest BCUT2D eigenvalue weighted by Gasteiger charge is 2.55. The van der Waals surface area contributed by atoms with Gasteiger partial charge in [0.2, 0.25) is 11.8 Å². The molecule has 1 aromatic rings. The second-order valence-electron chi connectivity index (χ2n) is 5.96. The van der Waals surface area contributed by atoms with E-state index < -0.39 is 11.5 Å². The van der Waals surface area contributed by atoms with Crippen molar-refractivity contribution >= 4 is 17.8 Å². The van der Waals surface area contributed by atoms with Gasteiger partial charge in [0.15, 0.2) is 5.54 Å². The van der Waals surface area contributed by atoms with E-state index in [0.29, 0.717) is 24.8 Å². The number of carboxylic acids is 1. The number of likely N-dealkylation sites (tertiary alicyclic amines) is 1. The highest BCUT2D eigenvalue weighted by Crippen LogP contribution is 2.43. The Balaban J connectivity index is 2.11. The van der Waals surface area contributed by atoms with Crippen LogP contribution in [0.4, 0.5) is 0 Å². The summed E-state index contributed by atoms with van der Waals surface area (Å²) in [5.41, 5.74) is -1.20. The van der Waals surface area contributed by atoms with E-state index in [4.69, 9.17) is 0 Å². The Labute approximate surface area is 122 Å². The molecule has 1 aliphatic carbocycles. The number of benzene rings is 1. The maximum atomic E-state index is 12.6. The number of carbonyl (C=O) groups is 3. The van der Waals surface area contributed by atoms with Crippen molar-refractivity contribution in [2.75, 3.05) is 0 Å². The van der Waals surface area contributed by atoms with E-state index >= 15 is 0 Å². The molecule has 3 atom stereocenters. The van der Waals surface area contributed by atoms with Gasteiger partial charge in [0, 0.05) is 11.8 Å². The molecule has 2 amide bonds. The number of hydrogen-bond acceptors (Lipinski definition) is 3. The number of amides is 2. The Hall–Kier alpha value is -2.17. The van der Waals surface area contributed by atoms with Crippen LogP contribution in [0.5, 0.6) is 0 Å². The molecule has 2 fully saturated rings. The van der Waals surface area contributed by atoms with Crippen LogP contribution < -0.4 is 0 Å². The van der Waals surface area contributed by atoms with Crippen molar-refractivity contribution in [2.24, 2.45) is 11.8 Å². The van der Waals surface area contributed by atoms with Crippen LogP contribution in [0, 0.1) is 11.8 Å². The molecule has 5 heteroatoms. The Morgan fingerprint density at radius 1 is 1.14 bits per heavy atom. The van der Waals surface area contributed by atoms with Gasteiger partial charge in [0.1, 0.15) is 0 Å². The molecule has 3 rings (SSSR count). The molecule has 110 valence electrons. The second-order valence-corrected chi connectivity index (χ2v) is 5.96. The maximum Gasteiger partial charge on any atom is 0.334 e. The predicted molar refractivity (Wildman–Crippen MR) is 74.1 cm³/mol. The minimum Gasteiger partial charge on any atom is -0.479 e. The number of hydrogen-bond donors (Lipinski definition) is 1. The first-order valence-electron chi connectivity index (χ1n) is 7.13. The van der Waals surface area contributed by atoms with Gasteiger partial charge >= 0.3 is 5.97 Å². The summed E-state index contributed by atoms with van der Waals surface area (Å²) in [7, 11) is 0. The van der Waals surface area contributed by atoms with Crippen LogP contribution in [0.3, 0.4) is 0 Å². The number of fused-ring (bicyclic) bond motifs is 2. The maximum absolute atomic E-state index is 12.6. The lowest BCUT2D eigenvalue weighted by atomic mass is 9.85. The quantitative estimate of drug-likeness (QED) is 0.860. The molecular formula is C16H17NO4. The van der Waals surface area contributed by atoms with E-state index in [2.05, 4.69) is 0 Å². The summed E-state index contributed by atoms with van der Waals surface area (Å²) in [5.74, 6) is -2.30. The van der Waals surface area contributed by atoms with Gasteiger partial charge in [-0.2, -0.15) is 0 Å². The van der Waals surface area contributed by atoms with Crippen LogP contribution in [0.25, 0.3) is 0 Å². The van der Waals surface area contributed by atoms with Gasteiger partial charge in [-0.05, 0) is 31.7 Å². The third kappa shape index (κ3) is 1.87. The van der Waals surface area contributed by atoms with Crippen LogP contribution in [0.2, 0.25) is 0 Å². The topological polar surface area (TPSA) is 74.7 Å². The predicted octanol–water partition coefficient (Wildman–Crippen LogP) is 1.77. The molecule has 1 N–H and O–H groups in total. The van der Waals surface area contributed by atoms with Crippen molar-refractivity contribution in [3.05, 3.63) is 35.9 Å². The van der Waals surface area contributed by atoms with Crippen LogP contribution >= 0.6 is 0 Å². The lowest BCUT2D eigenvalue weighted by molar-refractivity contribution is -0.172. The van der Waals surface area contributed by atoms with Gasteiger partial charge in [-0.1, -0.05) is 30.3 Å². The molecule has 2 aliphatic rings. The number of nitrogens with zero attached hydrogens (tertiary/aromatic N) is 1. The highest BCUT2D eigenvalue weighted by molar-refractivity contribution is 6.05. The fourth-order valence-electron chi connectivity index (χ4n) is 3.46. The van der Waals surface area contributed by atoms with E-state index in [9.17, 15) is 19.5 Å². The van der Waals surface area contributed by atoms with E-state index in [1.54, 1.807) is 30.3 Å². The van der Waals surface area contributed by atoms with Crippen molar-refractivity contribution in [1.82, 2.24) is 4.90 Å². The molecule has 2 bridgehead atoms. The zero-order chi connectivity index (χ0) is 15.2. The second kappa shape index (κ2) is 4.69. The van der Waals surface area contributed by atoms with Crippen molar-refractivity contribution < 1.29 is 19.5 Å².